The van der Waals surface area contributed by atoms with Gasteiger partial charge < -0.3 is 19.9 Å². The summed E-state index contributed by atoms with van der Waals surface area (Å²) in [6, 6.07) is 13.4. The molecule has 9 heteroatoms. The Labute approximate surface area is 203 Å². The van der Waals surface area contributed by atoms with Gasteiger partial charge in [0.05, 0.1) is 11.7 Å². The molecule has 2 fully saturated rings. The van der Waals surface area contributed by atoms with Gasteiger partial charge >= 0.3 is 12.2 Å². The summed E-state index contributed by atoms with van der Waals surface area (Å²) in [6.45, 7) is 4.31. The molecule has 0 spiro atoms. The van der Waals surface area contributed by atoms with Gasteiger partial charge in [0.15, 0.2) is 0 Å². The number of benzene rings is 2. The van der Waals surface area contributed by atoms with Crippen molar-refractivity contribution in [1.82, 2.24) is 15.1 Å². The van der Waals surface area contributed by atoms with Crippen molar-refractivity contribution in [2.24, 2.45) is 0 Å². The highest BCUT2D eigenvalue weighted by molar-refractivity contribution is 5.94. The van der Waals surface area contributed by atoms with E-state index in [2.05, 4.69) is 5.32 Å². The maximum absolute atomic E-state index is 13.3. The number of rotatable bonds is 5. The van der Waals surface area contributed by atoms with E-state index in [4.69, 9.17) is 4.74 Å². The van der Waals surface area contributed by atoms with Crippen LogP contribution in [-0.2, 0) is 10.9 Å². The molecule has 2 aromatic carbocycles. The molecule has 2 aliphatic heterocycles. The largest absolute Gasteiger partial charge is 0.416 e. The highest BCUT2D eigenvalue weighted by Crippen LogP contribution is 2.33. The summed E-state index contributed by atoms with van der Waals surface area (Å²) in [5.74, 6) is -0.449. The first kappa shape index (κ1) is 25.0. The molecule has 2 saturated heterocycles. The van der Waals surface area contributed by atoms with Gasteiger partial charge in [-0.15, -0.1) is 0 Å². The predicted molar refractivity (Wildman–Crippen MR) is 125 cm³/mol. The van der Waals surface area contributed by atoms with Crippen molar-refractivity contribution in [2.75, 3.05) is 32.8 Å². The molecule has 0 radical (unpaired) electrons. The van der Waals surface area contributed by atoms with Gasteiger partial charge in [0, 0.05) is 50.3 Å². The Morgan fingerprint density at radius 1 is 1.00 bits per heavy atom. The zero-order valence-electron chi connectivity index (χ0n) is 19.6. The number of hydrogen-bond donors (Lipinski definition) is 1. The van der Waals surface area contributed by atoms with Crippen LogP contribution in [0.4, 0.5) is 18.0 Å². The van der Waals surface area contributed by atoms with Crippen molar-refractivity contribution in [2.45, 2.75) is 44.0 Å². The van der Waals surface area contributed by atoms with E-state index in [1.54, 1.807) is 34.1 Å². The minimum atomic E-state index is -4.41. The van der Waals surface area contributed by atoms with Gasteiger partial charge in [0.2, 0.25) is 0 Å². The number of ether oxygens (including phenoxy) is 1. The number of urea groups is 1. The van der Waals surface area contributed by atoms with Crippen LogP contribution in [-0.4, -0.2) is 66.7 Å². The molecule has 0 aliphatic carbocycles. The molecule has 2 heterocycles. The molecule has 2 aromatic rings. The molecule has 0 saturated carbocycles. The number of carbonyl (C=O) groups excluding carboxylic acids is 2. The van der Waals surface area contributed by atoms with Crippen molar-refractivity contribution in [1.29, 1.82) is 0 Å². The summed E-state index contributed by atoms with van der Waals surface area (Å²) in [6.07, 6.45) is -3.11. The van der Waals surface area contributed by atoms with Crippen LogP contribution >= 0.6 is 0 Å². The van der Waals surface area contributed by atoms with E-state index in [0.717, 1.165) is 18.6 Å². The maximum Gasteiger partial charge on any atom is 0.416 e. The molecule has 1 N–H and O–H groups in total. The summed E-state index contributed by atoms with van der Waals surface area (Å²) in [7, 11) is 0. The quantitative estimate of drug-likeness (QED) is 0.672. The Kier molecular flexibility index (Phi) is 7.64. The molecule has 4 rings (SSSR count). The van der Waals surface area contributed by atoms with E-state index >= 15 is 0 Å². The topological polar surface area (TPSA) is 61.9 Å². The second-order valence-electron chi connectivity index (χ2n) is 9.09. The average Bonchev–Trinajstić information content (AvgIpc) is 3.32. The van der Waals surface area contributed by atoms with Gasteiger partial charge in [0.1, 0.15) is 0 Å². The Balaban J connectivity index is 1.52. The number of piperidine rings is 1. The van der Waals surface area contributed by atoms with Gasteiger partial charge in [-0.2, -0.15) is 13.2 Å². The van der Waals surface area contributed by atoms with Gasteiger partial charge in [-0.25, -0.2) is 4.79 Å². The lowest BCUT2D eigenvalue weighted by Crippen LogP contribution is -2.54. The summed E-state index contributed by atoms with van der Waals surface area (Å²) in [5.41, 5.74) is 0.516. The molecule has 35 heavy (non-hydrogen) atoms. The molecule has 2 aliphatic rings. The first-order chi connectivity index (χ1) is 16.7. The van der Waals surface area contributed by atoms with E-state index in [1.165, 1.54) is 12.1 Å². The van der Waals surface area contributed by atoms with Crippen LogP contribution in [0.15, 0.2) is 54.6 Å². The molecule has 0 aromatic heterocycles. The summed E-state index contributed by atoms with van der Waals surface area (Å²) < 4.78 is 44.8. The van der Waals surface area contributed by atoms with Crippen LogP contribution in [0.5, 0.6) is 0 Å². The highest BCUT2D eigenvalue weighted by atomic mass is 19.4. The molecule has 3 atom stereocenters. The number of nitrogens with one attached hydrogen (secondary N) is 1. The predicted octanol–water partition coefficient (Wildman–Crippen LogP) is 4.52. The van der Waals surface area contributed by atoms with E-state index < -0.39 is 11.7 Å². The fraction of sp³-hybridized carbons (Fsp3) is 0.462. The zero-order valence-corrected chi connectivity index (χ0v) is 19.6. The van der Waals surface area contributed by atoms with Crippen LogP contribution < -0.4 is 5.32 Å². The second kappa shape index (κ2) is 10.7. The lowest BCUT2D eigenvalue weighted by Gasteiger charge is -2.40. The molecule has 6 nitrogen and oxygen atoms in total. The Hall–Kier alpha value is -3.07. The lowest BCUT2D eigenvalue weighted by molar-refractivity contribution is -0.137. The fourth-order valence-corrected chi connectivity index (χ4v) is 4.88. The van der Waals surface area contributed by atoms with Gasteiger partial charge in [-0.1, -0.05) is 30.3 Å². The smallest absolute Gasteiger partial charge is 0.377 e. The molecule has 3 unspecified atom stereocenters. The number of likely N-dealkylation sites (tertiary alicyclic amines) is 2. The van der Waals surface area contributed by atoms with Crippen LogP contribution in [0.25, 0.3) is 0 Å². The summed E-state index contributed by atoms with van der Waals surface area (Å²) in [5, 5.41) is 3.02. The zero-order chi connectivity index (χ0) is 25.0. The van der Waals surface area contributed by atoms with Crippen LogP contribution in [0.3, 0.4) is 0 Å². The van der Waals surface area contributed by atoms with Crippen LogP contribution in [0.2, 0.25) is 0 Å². The van der Waals surface area contributed by atoms with Crippen LogP contribution in [0, 0.1) is 0 Å². The number of halogens is 3. The number of alkyl halides is 3. The minimum Gasteiger partial charge on any atom is -0.377 e. The van der Waals surface area contributed by atoms with Gasteiger partial charge in [0.25, 0.3) is 5.91 Å². The van der Waals surface area contributed by atoms with Gasteiger partial charge in [-0.3, -0.25) is 4.79 Å². The Morgan fingerprint density at radius 3 is 2.37 bits per heavy atom. The SMILES string of the molecule is CCOC1CCN(C(=O)N2CC(NC(=O)c3ccccc3)CC(c3ccc(C(F)(F)F)cc3)C2)C1. The van der Waals surface area contributed by atoms with Crippen molar-refractivity contribution >= 4 is 11.9 Å². The first-order valence-electron chi connectivity index (χ1n) is 11.9. The number of carbonyl (C=O) groups is 2. The molecular weight excluding hydrogens is 459 g/mol. The lowest BCUT2D eigenvalue weighted by atomic mass is 9.87. The monoisotopic (exact) mass is 489 g/mol. The molecule has 0 bridgehead atoms. The molecule has 3 amide bonds. The highest BCUT2D eigenvalue weighted by Gasteiger charge is 2.37. The van der Waals surface area contributed by atoms with E-state index in [0.29, 0.717) is 50.3 Å². The molecule has 188 valence electrons. The van der Waals surface area contributed by atoms with Crippen LogP contribution in [0.1, 0.15) is 47.2 Å². The fourth-order valence-electron chi connectivity index (χ4n) is 4.88. The third-order valence-corrected chi connectivity index (χ3v) is 6.62. The number of amides is 3. The van der Waals surface area contributed by atoms with E-state index in [-0.39, 0.29) is 30.0 Å². The normalized spacial score (nSPS) is 22.8. The van der Waals surface area contributed by atoms with E-state index in [1.807, 2.05) is 13.0 Å². The minimum absolute atomic E-state index is 0.00744. The summed E-state index contributed by atoms with van der Waals surface area (Å²) in [4.78, 5) is 29.6. The average molecular weight is 490 g/mol. The summed E-state index contributed by atoms with van der Waals surface area (Å²) >= 11 is 0. The standard InChI is InChI=1S/C26H30F3N3O3/c1-2-35-23-12-13-31(17-23)25(34)32-15-20(18-8-10-21(11-9-18)26(27,28)29)14-22(16-32)30-24(33)19-6-4-3-5-7-19/h3-11,20,22-23H,2,12-17H2,1H3,(H,30,33). The van der Waals surface area contributed by atoms with Gasteiger partial charge in [-0.05, 0) is 49.6 Å². The maximum atomic E-state index is 13.3. The Morgan fingerprint density at radius 2 is 1.71 bits per heavy atom. The number of nitrogens with zero attached hydrogens (tertiary/aromatic N) is 2. The third-order valence-electron chi connectivity index (χ3n) is 6.62. The van der Waals surface area contributed by atoms with Crippen molar-refractivity contribution in [3.63, 3.8) is 0 Å². The third kappa shape index (κ3) is 6.14. The van der Waals surface area contributed by atoms with Crippen molar-refractivity contribution in [3.8, 4) is 0 Å². The molecular formula is C26H30F3N3O3. The Bertz CT molecular complexity index is 1010. The van der Waals surface area contributed by atoms with E-state index in [9.17, 15) is 22.8 Å². The second-order valence-corrected chi connectivity index (χ2v) is 9.09. The number of hydrogen-bond acceptors (Lipinski definition) is 3. The van der Waals surface area contributed by atoms with Crippen molar-refractivity contribution in [3.05, 3.63) is 71.3 Å². The van der Waals surface area contributed by atoms with Crippen molar-refractivity contribution < 1.29 is 27.5 Å². The first-order valence-corrected chi connectivity index (χ1v) is 11.9.